The fraction of sp³-hybridized carbons (Fsp3) is 0.562. The Morgan fingerprint density at radius 1 is 1.40 bits per heavy atom. The van der Waals surface area contributed by atoms with E-state index in [1.165, 1.54) is 0 Å². The van der Waals surface area contributed by atoms with Crippen molar-refractivity contribution < 1.29 is 9.53 Å². The van der Waals surface area contributed by atoms with Gasteiger partial charge in [0.2, 0.25) is 5.91 Å². The Morgan fingerprint density at radius 3 is 2.85 bits per heavy atom. The maximum atomic E-state index is 12.4. The third-order valence-electron chi connectivity index (χ3n) is 4.11. The van der Waals surface area contributed by atoms with Crippen molar-refractivity contribution in [2.45, 2.75) is 32.7 Å². The van der Waals surface area contributed by atoms with Crippen molar-refractivity contribution in [1.82, 2.24) is 5.32 Å². The average molecular weight is 276 g/mol. The number of fused-ring (bicyclic) bond motifs is 1. The van der Waals surface area contributed by atoms with Crippen LogP contribution in [0.5, 0.6) is 5.75 Å². The van der Waals surface area contributed by atoms with Crippen LogP contribution < -0.4 is 15.0 Å². The summed E-state index contributed by atoms with van der Waals surface area (Å²) >= 11 is 0. The summed E-state index contributed by atoms with van der Waals surface area (Å²) in [7, 11) is 1.96. The predicted molar refractivity (Wildman–Crippen MR) is 81.2 cm³/mol. The van der Waals surface area contributed by atoms with E-state index in [2.05, 4.69) is 19.2 Å². The zero-order valence-corrected chi connectivity index (χ0v) is 12.6. The molecule has 1 aromatic carbocycles. The highest BCUT2D eigenvalue weighted by atomic mass is 16.5. The van der Waals surface area contributed by atoms with Gasteiger partial charge in [-0.1, -0.05) is 32.4 Å². The van der Waals surface area contributed by atoms with Crippen molar-refractivity contribution in [3.05, 3.63) is 24.3 Å². The van der Waals surface area contributed by atoms with Gasteiger partial charge in [-0.2, -0.15) is 0 Å². The van der Waals surface area contributed by atoms with Crippen molar-refractivity contribution in [3.8, 4) is 5.75 Å². The third-order valence-corrected chi connectivity index (χ3v) is 4.11. The molecule has 1 aliphatic rings. The Hall–Kier alpha value is -1.55. The van der Waals surface area contributed by atoms with Gasteiger partial charge in [0.25, 0.3) is 0 Å². The molecule has 110 valence electrons. The zero-order valence-electron chi connectivity index (χ0n) is 12.6. The SMILES string of the molecule is CCC(C)C(CN1C(=O)CCOc2ccccc21)NC. The normalized spacial score (nSPS) is 17.9. The number of carbonyl (C=O) groups excluding carboxylic acids is 1. The molecule has 0 saturated carbocycles. The lowest BCUT2D eigenvalue weighted by Gasteiger charge is -2.30. The van der Waals surface area contributed by atoms with Crippen LogP contribution in [0.25, 0.3) is 0 Å². The number of benzene rings is 1. The summed E-state index contributed by atoms with van der Waals surface area (Å²) in [6.45, 7) is 5.53. The van der Waals surface area contributed by atoms with Gasteiger partial charge in [-0.05, 0) is 25.1 Å². The summed E-state index contributed by atoms with van der Waals surface area (Å²) in [5.74, 6) is 1.46. The molecule has 0 fully saturated rings. The van der Waals surface area contributed by atoms with Gasteiger partial charge in [0.05, 0.1) is 18.7 Å². The van der Waals surface area contributed by atoms with Crippen LogP contribution in [-0.2, 0) is 4.79 Å². The molecule has 1 heterocycles. The molecule has 2 atom stereocenters. The second-order valence-electron chi connectivity index (χ2n) is 5.35. The molecular formula is C16H24N2O2. The maximum absolute atomic E-state index is 12.4. The molecule has 0 radical (unpaired) electrons. The molecule has 2 rings (SSSR count). The number of carbonyl (C=O) groups is 1. The van der Waals surface area contributed by atoms with Crippen LogP contribution in [0.15, 0.2) is 24.3 Å². The maximum Gasteiger partial charge on any atom is 0.230 e. The van der Waals surface area contributed by atoms with Gasteiger partial charge >= 0.3 is 0 Å². The summed E-state index contributed by atoms with van der Waals surface area (Å²) in [6.07, 6.45) is 1.53. The molecule has 20 heavy (non-hydrogen) atoms. The minimum absolute atomic E-state index is 0.138. The summed E-state index contributed by atoms with van der Waals surface area (Å²) in [5, 5.41) is 3.34. The van der Waals surface area contributed by atoms with Crippen LogP contribution in [0, 0.1) is 5.92 Å². The van der Waals surface area contributed by atoms with E-state index in [1.807, 2.05) is 36.2 Å². The lowest BCUT2D eigenvalue weighted by atomic mass is 9.98. The molecule has 1 aliphatic heterocycles. The van der Waals surface area contributed by atoms with E-state index in [-0.39, 0.29) is 11.9 Å². The molecule has 0 aromatic heterocycles. The van der Waals surface area contributed by atoms with Crippen molar-refractivity contribution in [2.75, 3.05) is 25.1 Å². The van der Waals surface area contributed by atoms with E-state index in [4.69, 9.17) is 4.74 Å². The van der Waals surface area contributed by atoms with E-state index in [0.717, 1.165) is 17.9 Å². The summed E-state index contributed by atoms with van der Waals surface area (Å²) < 4.78 is 5.67. The largest absolute Gasteiger partial charge is 0.491 e. The van der Waals surface area contributed by atoms with E-state index in [9.17, 15) is 4.79 Å². The Labute approximate surface area is 121 Å². The fourth-order valence-corrected chi connectivity index (χ4v) is 2.56. The molecule has 0 saturated heterocycles. The van der Waals surface area contributed by atoms with Crippen molar-refractivity contribution in [3.63, 3.8) is 0 Å². The van der Waals surface area contributed by atoms with Gasteiger partial charge in [0.15, 0.2) is 0 Å². The molecular weight excluding hydrogens is 252 g/mol. The fourth-order valence-electron chi connectivity index (χ4n) is 2.56. The van der Waals surface area contributed by atoms with Crippen LogP contribution in [-0.4, -0.2) is 32.1 Å². The van der Waals surface area contributed by atoms with Crippen LogP contribution in [0.4, 0.5) is 5.69 Å². The molecule has 1 aromatic rings. The Bertz CT molecular complexity index is 462. The van der Waals surface area contributed by atoms with Crippen molar-refractivity contribution >= 4 is 11.6 Å². The molecule has 4 nitrogen and oxygen atoms in total. The molecule has 1 amide bonds. The van der Waals surface area contributed by atoms with Gasteiger partial charge in [-0.15, -0.1) is 0 Å². The average Bonchev–Trinajstić information content (AvgIpc) is 2.63. The molecule has 2 unspecified atom stereocenters. The highest BCUT2D eigenvalue weighted by Gasteiger charge is 2.26. The topological polar surface area (TPSA) is 41.6 Å². The molecule has 0 bridgehead atoms. The number of para-hydroxylation sites is 2. The summed E-state index contributed by atoms with van der Waals surface area (Å²) in [4.78, 5) is 14.2. The zero-order chi connectivity index (χ0) is 14.5. The smallest absolute Gasteiger partial charge is 0.230 e. The van der Waals surface area contributed by atoms with Crippen LogP contribution in [0.3, 0.4) is 0 Å². The number of hydrogen-bond acceptors (Lipinski definition) is 3. The quantitative estimate of drug-likeness (QED) is 0.898. The van der Waals surface area contributed by atoms with Gasteiger partial charge in [-0.25, -0.2) is 0 Å². The van der Waals surface area contributed by atoms with E-state index in [1.54, 1.807) is 0 Å². The Kier molecular flexibility index (Phi) is 5.01. The first-order valence-corrected chi connectivity index (χ1v) is 7.36. The molecule has 4 heteroatoms. The van der Waals surface area contributed by atoms with Gasteiger partial charge < -0.3 is 15.0 Å². The first kappa shape index (κ1) is 14.9. The van der Waals surface area contributed by atoms with Crippen molar-refractivity contribution in [1.29, 1.82) is 0 Å². The van der Waals surface area contributed by atoms with Gasteiger partial charge in [0.1, 0.15) is 5.75 Å². The Balaban J connectivity index is 2.26. The number of nitrogens with one attached hydrogen (secondary N) is 1. The monoisotopic (exact) mass is 276 g/mol. The first-order chi connectivity index (χ1) is 9.67. The standard InChI is InChI=1S/C16H24N2O2/c1-4-12(2)13(17-3)11-18-14-7-5-6-8-15(14)20-10-9-16(18)19/h5-8,12-13,17H,4,9-11H2,1-3H3. The van der Waals surface area contributed by atoms with E-state index < -0.39 is 0 Å². The van der Waals surface area contributed by atoms with Crippen LogP contribution in [0.1, 0.15) is 26.7 Å². The number of nitrogens with zero attached hydrogens (tertiary/aromatic N) is 1. The third kappa shape index (κ3) is 3.12. The highest BCUT2D eigenvalue weighted by molar-refractivity contribution is 5.95. The summed E-state index contributed by atoms with van der Waals surface area (Å²) in [6, 6.07) is 8.07. The number of rotatable bonds is 5. The number of hydrogen-bond donors (Lipinski definition) is 1. The minimum atomic E-state index is 0.138. The number of anilines is 1. The summed E-state index contributed by atoms with van der Waals surface area (Å²) in [5.41, 5.74) is 0.888. The molecule has 1 N–H and O–H groups in total. The van der Waals surface area contributed by atoms with Crippen molar-refractivity contribution in [2.24, 2.45) is 5.92 Å². The number of ether oxygens (including phenoxy) is 1. The Morgan fingerprint density at radius 2 is 2.15 bits per heavy atom. The number of amides is 1. The minimum Gasteiger partial charge on any atom is -0.491 e. The highest BCUT2D eigenvalue weighted by Crippen LogP contribution is 2.31. The lowest BCUT2D eigenvalue weighted by Crippen LogP contribution is -2.45. The van der Waals surface area contributed by atoms with E-state index in [0.29, 0.717) is 25.5 Å². The predicted octanol–water partition coefficient (Wildman–Crippen LogP) is 2.44. The second kappa shape index (κ2) is 6.75. The van der Waals surface area contributed by atoms with Crippen LogP contribution >= 0.6 is 0 Å². The molecule has 0 aliphatic carbocycles. The van der Waals surface area contributed by atoms with Gasteiger partial charge in [-0.3, -0.25) is 4.79 Å². The first-order valence-electron chi connectivity index (χ1n) is 7.36. The lowest BCUT2D eigenvalue weighted by molar-refractivity contribution is -0.118. The van der Waals surface area contributed by atoms with E-state index >= 15 is 0 Å². The van der Waals surface area contributed by atoms with Gasteiger partial charge in [0, 0.05) is 12.6 Å². The number of likely N-dealkylation sites (N-methyl/N-ethyl adjacent to an activating group) is 1. The second-order valence-corrected chi connectivity index (χ2v) is 5.35. The molecule has 0 spiro atoms. The van der Waals surface area contributed by atoms with Crippen LogP contribution in [0.2, 0.25) is 0 Å².